The first kappa shape index (κ1) is 60.2. The Kier molecular flexibility index (Phi) is 35.0. The van der Waals surface area contributed by atoms with Gasteiger partial charge in [0.1, 0.15) is 12.7 Å². The highest BCUT2D eigenvalue weighted by Gasteiger charge is 2.39. The van der Waals surface area contributed by atoms with Gasteiger partial charge in [-0.1, -0.05) is 134 Å². The number of esters is 2. The molecule has 18 heteroatoms. The van der Waals surface area contributed by atoms with Gasteiger partial charge >= 0.3 is 27.6 Å². The normalized spacial score (nSPS) is 20.6. The Bertz CT molecular complexity index is 1390. The lowest BCUT2D eigenvalue weighted by atomic mass is 9.89. The lowest BCUT2D eigenvalue weighted by Crippen LogP contribution is -2.29. The molecule has 0 radical (unpaired) electrons. The van der Waals surface area contributed by atoms with Gasteiger partial charge in [-0.2, -0.15) is 0 Å². The van der Waals surface area contributed by atoms with E-state index in [4.69, 9.17) is 23.8 Å². The van der Waals surface area contributed by atoms with Crippen molar-refractivity contribution in [3.8, 4) is 0 Å². The maximum atomic E-state index is 12.8. The van der Waals surface area contributed by atoms with Gasteiger partial charge in [0.15, 0.2) is 6.10 Å². The Morgan fingerprint density at radius 3 is 1.80 bits per heavy atom. The monoisotopic (exact) mass is 955 g/mol. The smallest absolute Gasteiger partial charge is 0.462 e. The van der Waals surface area contributed by atoms with Crippen LogP contribution in [0.1, 0.15) is 174 Å². The maximum absolute atomic E-state index is 12.8. The second-order valence-electron chi connectivity index (χ2n) is 17.0. The summed E-state index contributed by atoms with van der Waals surface area (Å²) < 4.78 is 47.9. The van der Waals surface area contributed by atoms with E-state index < -0.39 is 84.5 Å². The highest BCUT2D eigenvalue weighted by atomic mass is 31.2. The first-order valence-corrected chi connectivity index (χ1v) is 27.0. The topological polar surface area (TPSA) is 256 Å². The van der Waals surface area contributed by atoms with Crippen LogP contribution in [0.3, 0.4) is 0 Å². The molecule has 1 saturated carbocycles. The average Bonchev–Trinajstić information content (AvgIpc) is 3.51. The predicted molar refractivity (Wildman–Crippen MR) is 246 cm³/mol. The predicted octanol–water partition coefficient (Wildman–Crippen LogP) is 8.83. The molecule has 1 rings (SSSR count). The van der Waals surface area contributed by atoms with Crippen LogP contribution in [0.5, 0.6) is 0 Å². The van der Waals surface area contributed by atoms with Gasteiger partial charge in [0.2, 0.25) is 0 Å². The van der Waals surface area contributed by atoms with Gasteiger partial charge in [-0.25, -0.2) is 9.13 Å². The molecule has 0 aromatic carbocycles. The second kappa shape index (κ2) is 37.2. The van der Waals surface area contributed by atoms with Gasteiger partial charge in [-0.3, -0.25) is 23.2 Å². The number of carbonyl (C=O) groups excluding carboxylic acids is 2. The highest BCUT2D eigenvalue weighted by Crippen LogP contribution is 2.44. The Balaban J connectivity index is 2.54. The van der Waals surface area contributed by atoms with Crippen LogP contribution in [0.25, 0.3) is 0 Å². The summed E-state index contributed by atoms with van der Waals surface area (Å²) >= 11 is 0. The van der Waals surface area contributed by atoms with E-state index in [1.165, 1.54) is 51.4 Å². The van der Waals surface area contributed by atoms with Gasteiger partial charge in [0.25, 0.3) is 0 Å². The van der Waals surface area contributed by atoms with Crippen molar-refractivity contribution in [1.82, 2.24) is 0 Å². The van der Waals surface area contributed by atoms with E-state index in [0.717, 1.165) is 57.8 Å². The molecule has 0 aliphatic heterocycles. The van der Waals surface area contributed by atoms with Crippen molar-refractivity contribution in [3.63, 3.8) is 0 Å². The quantitative estimate of drug-likeness (QED) is 0.0131. The molecule has 0 spiro atoms. The van der Waals surface area contributed by atoms with E-state index in [-0.39, 0.29) is 31.1 Å². The number of ether oxygens (including phenoxy) is 2. The van der Waals surface area contributed by atoms with Crippen molar-refractivity contribution in [2.75, 3.05) is 26.4 Å². The summed E-state index contributed by atoms with van der Waals surface area (Å²) in [6.45, 7) is 1.39. The molecule has 7 N–H and O–H groups in total. The van der Waals surface area contributed by atoms with Gasteiger partial charge in [-0.05, 0) is 63.7 Å². The molecule has 374 valence electrons. The van der Waals surface area contributed by atoms with E-state index >= 15 is 0 Å². The number of carbonyl (C=O) groups is 2. The van der Waals surface area contributed by atoms with E-state index in [1.807, 2.05) is 12.2 Å². The Morgan fingerprint density at radius 2 is 1.16 bits per heavy atom. The second-order valence-corrected chi connectivity index (χ2v) is 19.7. The van der Waals surface area contributed by atoms with Crippen molar-refractivity contribution in [2.45, 2.75) is 205 Å². The fraction of sp³-hybridized carbons (Fsp3) is 0.826. The summed E-state index contributed by atoms with van der Waals surface area (Å²) in [4.78, 5) is 53.0. The summed E-state index contributed by atoms with van der Waals surface area (Å²) in [5.41, 5.74) is 0. The number of phosphoric acid groups is 2. The molecule has 0 amide bonds. The molecular formula is C46H84O16P2. The van der Waals surface area contributed by atoms with Gasteiger partial charge in [0, 0.05) is 25.2 Å². The molecule has 0 aromatic rings. The number of rotatable bonds is 41. The van der Waals surface area contributed by atoms with Crippen molar-refractivity contribution < 1.29 is 76.9 Å². The molecule has 1 aliphatic carbocycles. The summed E-state index contributed by atoms with van der Waals surface area (Å²) in [5.74, 6) is -1.74. The molecule has 64 heavy (non-hydrogen) atoms. The van der Waals surface area contributed by atoms with Crippen molar-refractivity contribution in [2.24, 2.45) is 11.8 Å². The lowest BCUT2D eigenvalue weighted by Gasteiger charge is -2.20. The first-order chi connectivity index (χ1) is 30.6. The molecule has 0 heterocycles. The zero-order valence-electron chi connectivity index (χ0n) is 38.7. The first-order valence-electron chi connectivity index (χ1n) is 23.9. The Labute approximate surface area is 383 Å². The molecule has 0 bridgehead atoms. The zero-order valence-corrected chi connectivity index (χ0v) is 40.5. The van der Waals surface area contributed by atoms with Crippen molar-refractivity contribution >= 4 is 27.6 Å². The van der Waals surface area contributed by atoms with E-state index in [9.17, 15) is 44.0 Å². The fourth-order valence-corrected chi connectivity index (χ4v) is 8.49. The summed E-state index contributed by atoms with van der Waals surface area (Å²) in [5, 5.41) is 41.2. The number of aliphatic hydroxyl groups is 4. The number of hydrogen-bond donors (Lipinski definition) is 7. The van der Waals surface area contributed by atoms with Crippen LogP contribution >= 0.6 is 15.6 Å². The van der Waals surface area contributed by atoms with Crippen LogP contribution < -0.4 is 0 Å². The third-order valence-electron chi connectivity index (χ3n) is 11.1. The third-order valence-corrected chi connectivity index (χ3v) is 12.5. The molecule has 16 nitrogen and oxygen atoms in total. The molecule has 1 fully saturated rings. The van der Waals surface area contributed by atoms with Gasteiger partial charge in [-0.15, -0.1) is 0 Å². The minimum atomic E-state index is -4.90. The van der Waals surface area contributed by atoms with Crippen LogP contribution in [0.4, 0.5) is 0 Å². The van der Waals surface area contributed by atoms with Crippen LogP contribution in [-0.2, 0) is 41.8 Å². The zero-order chi connectivity index (χ0) is 47.5. The summed E-state index contributed by atoms with van der Waals surface area (Å²) in [6.07, 6.45) is 29.4. The van der Waals surface area contributed by atoms with E-state index in [0.29, 0.717) is 32.1 Å². The van der Waals surface area contributed by atoms with Crippen LogP contribution in [0.2, 0.25) is 0 Å². The van der Waals surface area contributed by atoms with Crippen LogP contribution in [-0.4, -0.2) is 104 Å². The lowest BCUT2D eigenvalue weighted by molar-refractivity contribution is -0.161. The fourth-order valence-electron chi connectivity index (χ4n) is 7.34. The third kappa shape index (κ3) is 33.7. The van der Waals surface area contributed by atoms with Gasteiger partial charge in [0.05, 0.1) is 38.1 Å². The molecule has 0 saturated heterocycles. The Hall–Kier alpha value is -1.78. The molecule has 1 unspecified atom stereocenters. The van der Waals surface area contributed by atoms with E-state index in [2.05, 4.69) is 35.0 Å². The number of unbranched alkanes of at least 4 members (excludes halogenated alkanes) is 16. The van der Waals surface area contributed by atoms with Crippen LogP contribution in [0.15, 0.2) is 36.5 Å². The molecular weight excluding hydrogens is 870 g/mol. The number of aliphatic hydroxyl groups excluding tert-OH is 4. The largest absolute Gasteiger partial charge is 0.472 e. The minimum absolute atomic E-state index is 0.0458. The van der Waals surface area contributed by atoms with E-state index in [1.54, 1.807) is 12.2 Å². The van der Waals surface area contributed by atoms with Crippen molar-refractivity contribution in [3.05, 3.63) is 36.5 Å². The summed E-state index contributed by atoms with van der Waals surface area (Å²) in [6, 6.07) is 0. The maximum Gasteiger partial charge on any atom is 0.472 e. The average molecular weight is 955 g/mol. The number of allylic oxidation sites excluding steroid dienone is 4. The summed E-state index contributed by atoms with van der Waals surface area (Å²) in [7, 11) is -9.78. The molecule has 8 atom stereocenters. The number of phosphoric ester groups is 2. The van der Waals surface area contributed by atoms with Crippen molar-refractivity contribution in [1.29, 1.82) is 0 Å². The van der Waals surface area contributed by atoms with Crippen LogP contribution in [0, 0.1) is 11.8 Å². The highest BCUT2D eigenvalue weighted by molar-refractivity contribution is 7.47. The SMILES string of the molecule is CCCCCCCC/C=C\CCCCCCCCCC(=O)OC[C@H](COP(=O)(O)OC[C@@H](O)COP(=O)(O)O)OC(=O)CCC/C=C/C[C@@H]1[C@@H](/C=C/[C@@H](O)CCCCC)[C@H](O)C[C@@H]1O. The standard InChI is InChI=1S/C46H84O16P2/c1-3-5-7-8-9-10-11-12-13-14-15-16-17-18-19-20-25-29-45(51)58-36-40(37-61-64(56,57)60-35-39(48)34-59-63(53,54)55)62-46(52)30-26-22-21-24-28-41-42(44(50)33-43(41)49)32-31-38(47)27-23-6-4-2/h12-13,21,24,31-32,38-44,47-50H,3-11,14-20,22-23,25-30,33-37H2,1-2H3,(H,56,57)(H2,53,54,55)/b13-12-,24-21+,32-31+/t38-,39-,40+,41+,42+,43-,44+/m0/s1. The Morgan fingerprint density at radius 1 is 0.625 bits per heavy atom. The number of hydrogen-bond acceptors (Lipinski definition) is 13. The molecule has 1 aliphatic rings. The van der Waals surface area contributed by atoms with Gasteiger partial charge < -0.3 is 44.6 Å². The minimum Gasteiger partial charge on any atom is -0.462 e. The molecule has 0 aromatic heterocycles.